The Morgan fingerprint density at radius 1 is 1.14 bits per heavy atom. The molecule has 0 saturated heterocycles. The number of carbonyl (C=O) groups excluding carboxylic acids is 1. The van der Waals surface area contributed by atoms with Crippen molar-refractivity contribution < 1.29 is 22.7 Å². The van der Waals surface area contributed by atoms with Crippen molar-refractivity contribution >= 4 is 23.3 Å². The molecule has 0 spiro atoms. The standard InChI is InChI=1S/C14H9ClF3NO2/c15-13-7(2-1-3-9(13)16)6-21-14(20)8-4-10(17)11(18)5-12(8)19/h1-5H,6,19H2. The number of ether oxygens (including phenoxy) is 1. The van der Waals surface area contributed by atoms with Crippen LogP contribution >= 0.6 is 11.6 Å². The highest BCUT2D eigenvalue weighted by molar-refractivity contribution is 6.31. The van der Waals surface area contributed by atoms with E-state index in [9.17, 15) is 18.0 Å². The highest BCUT2D eigenvalue weighted by Gasteiger charge is 2.16. The second kappa shape index (κ2) is 6.05. The number of nitrogens with two attached hydrogens (primary N) is 1. The van der Waals surface area contributed by atoms with Gasteiger partial charge in [0.2, 0.25) is 0 Å². The number of esters is 1. The molecule has 0 saturated carbocycles. The molecular formula is C14H9ClF3NO2. The Morgan fingerprint density at radius 3 is 2.52 bits per heavy atom. The monoisotopic (exact) mass is 315 g/mol. The first-order valence-corrected chi connectivity index (χ1v) is 6.12. The van der Waals surface area contributed by atoms with Crippen LogP contribution in [0.4, 0.5) is 18.9 Å². The predicted molar refractivity (Wildman–Crippen MR) is 71.3 cm³/mol. The fourth-order valence-corrected chi connectivity index (χ4v) is 1.80. The molecule has 2 aromatic rings. The van der Waals surface area contributed by atoms with Crippen LogP contribution < -0.4 is 5.73 Å². The molecule has 0 unspecified atom stereocenters. The van der Waals surface area contributed by atoms with Crippen LogP contribution in [0.25, 0.3) is 0 Å². The van der Waals surface area contributed by atoms with Gasteiger partial charge in [-0.05, 0) is 12.1 Å². The van der Waals surface area contributed by atoms with Gasteiger partial charge in [0.05, 0.1) is 10.6 Å². The minimum Gasteiger partial charge on any atom is -0.457 e. The Kier molecular flexibility index (Phi) is 4.37. The van der Waals surface area contributed by atoms with E-state index in [1.165, 1.54) is 12.1 Å². The van der Waals surface area contributed by atoms with Crippen LogP contribution in [0.15, 0.2) is 30.3 Å². The highest BCUT2D eigenvalue weighted by atomic mass is 35.5. The van der Waals surface area contributed by atoms with Gasteiger partial charge < -0.3 is 10.5 Å². The Morgan fingerprint density at radius 2 is 1.81 bits per heavy atom. The van der Waals surface area contributed by atoms with Crippen molar-refractivity contribution in [3.8, 4) is 0 Å². The molecule has 2 N–H and O–H groups in total. The summed E-state index contributed by atoms with van der Waals surface area (Å²) in [6.07, 6.45) is 0. The van der Waals surface area contributed by atoms with Crippen molar-refractivity contribution in [1.29, 1.82) is 0 Å². The van der Waals surface area contributed by atoms with Crippen LogP contribution in [0.1, 0.15) is 15.9 Å². The molecule has 0 radical (unpaired) electrons. The van der Waals surface area contributed by atoms with E-state index < -0.39 is 23.4 Å². The van der Waals surface area contributed by atoms with Crippen LogP contribution in [0.5, 0.6) is 0 Å². The second-order valence-electron chi connectivity index (χ2n) is 4.14. The van der Waals surface area contributed by atoms with Gasteiger partial charge in [-0.1, -0.05) is 23.7 Å². The van der Waals surface area contributed by atoms with Gasteiger partial charge >= 0.3 is 5.97 Å². The van der Waals surface area contributed by atoms with Crippen LogP contribution in [-0.4, -0.2) is 5.97 Å². The fourth-order valence-electron chi connectivity index (χ4n) is 1.62. The summed E-state index contributed by atoms with van der Waals surface area (Å²) in [5.74, 6) is -4.01. The van der Waals surface area contributed by atoms with E-state index in [0.29, 0.717) is 12.1 Å². The van der Waals surface area contributed by atoms with Crippen molar-refractivity contribution in [1.82, 2.24) is 0 Å². The summed E-state index contributed by atoms with van der Waals surface area (Å²) in [6, 6.07) is 5.34. The molecule has 0 atom stereocenters. The highest BCUT2D eigenvalue weighted by Crippen LogP contribution is 2.22. The normalized spacial score (nSPS) is 10.5. The van der Waals surface area contributed by atoms with E-state index in [4.69, 9.17) is 22.1 Å². The summed E-state index contributed by atoms with van der Waals surface area (Å²) in [5, 5.41) is -0.177. The van der Waals surface area contributed by atoms with Crippen molar-refractivity contribution in [2.75, 3.05) is 5.73 Å². The molecule has 0 aliphatic heterocycles. The summed E-state index contributed by atoms with van der Waals surface area (Å²) in [4.78, 5) is 11.8. The molecular weight excluding hydrogens is 307 g/mol. The van der Waals surface area contributed by atoms with Gasteiger partial charge in [0.15, 0.2) is 11.6 Å². The van der Waals surface area contributed by atoms with Gasteiger partial charge in [-0.15, -0.1) is 0 Å². The molecule has 2 aromatic carbocycles. The zero-order valence-electron chi connectivity index (χ0n) is 10.5. The summed E-state index contributed by atoms with van der Waals surface area (Å²) in [7, 11) is 0. The molecule has 0 bridgehead atoms. The van der Waals surface area contributed by atoms with Gasteiger partial charge in [0.25, 0.3) is 0 Å². The smallest absolute Gasteiger partial charge is 0.340 e. The lowest BCUT2D eigenvalue weighted by atomic mass is 10.1. The van der Waals surface area contributed by atoms with Crippen LogP contribution in [0, 0.1) is 17.5 Å². The minimum absolute atomic E-state index is 0.177. The third-order valence-corrected chi connectivity index (χ3v) is 3.13. The Hall–Kier alpha value is -2.21. The number of anilines is 1. The number of halogens is 4. The summed E-state index contributed by atoms with van der Waals surface area (Å²) in [6.45, 7) is -0.326. The third-order valence-electron chi connectivity index (χ3n) is 2.70. The Labute approximate surface area is 123 Å². The van der Waals surface area contributed by atoms with Crippen LogP contribution in [0.3, 0.4) is 0 Å². The van der Waals surface area contributed by atoms with Crippen molar-refractivity contribution in [2.24, 2.45) is 0 Å². The lowest BCUT2D eigenvalue weighted by molar-refractivity contribution is 0.0473. The van der Waals surface area contributed by atoms with Crippen LogP contribution in [0.2, 0.25) is 5.02 Å². The number of hydrogen-bond acceptors (Lipinski definition) is 3. The average Bonchev–Trinajstić information content (AvgIpc) is 2.44. The molecule has 2 rings (SSSR count). The summed E-state index contributed by atoms with van der Waals surface area (Å²) >= 11 is 5.70. The summed E-state index contributed by atoms with van der Waals surface area (Å²) < 4.78 is 44.1. The number of benzene rings is 2. The lowest BCUT2D eigenvalue weighted by Crippen LogP contribution is -2.10. The molecule has 21 heavy (non-hydrogen) atoms. The fraction of sp³-hybridized carbons (Fsp3) is 0.0714. The first kappa shape index (κ1) is 15.2. The average molecular weight is 316 g/mol. The zero-order valence-corrected chi connectivity index (χ0v) is 11.3. The third kappa shape index (κ3) is 3.28. The van der Waals surface area contributed by atoms with Gasteiger partial charge in [-0.2, -0.15) is 0 Å². The van der Waals surface area contributed by atoms with E-state index in [1.807, 2.05) is 0 Å². The predicted octanol–water partition coefficient (Wildman–Crippen LogP) is 3.70. The van der Waals surface area contributed by atoms with E-state index in [0.717, 1.165) is 6.07 Å². The maximum absolute atomic E-state index is 13.2. The topological polar surface area (TPSA) is 52.3 Å². The largest absolute Gasteiger partial charge is 0.457 e. The van der Waals surface area contributed by atoms with E-state index in [-0.39, 0.29) is 28.4 Å². The molecule has 0 amide bonds. The molecule has 0 aromatic heterocycles. The SMILES string of the molecule is Nc1cc(F)c(F)cc1C(=O)OCc1cccc(F)c1Cl. The number of nitrogen functional groups attached to an aromatic ring is 1. The van der Waals surface area contributed by atoms with E-state index in [2.05, 4.69) is 0 Å². The molecule has 0 aliphatic rings. The van der Waals surface area contributed by atoms with Crippen molar-refractivity contribution in [3.63, 3.8) is 0 Å². The van der Waals surface area contributed by atoms with Gasteiger partial charge in [0, 0.05) is 17.3 Å². The first-order valence-electron chi connectivity index (χ1n) is 5.74. The maximum Gasteiger partial charge on any atom is 0.340 e. The maximum atomic E-state index is 13.2. The second-order valence-corrected chi connectivity index (χ2v) is 4.52. The first-order chi connectivity index (χ1) is 9.90. The Bertz CT molecular complexity index is 707. The molecule has 3 nitrogen and oxygen atoms in total. The van der Waals surface area contributed by atoms with Gasteiger partial charge in [-0.3, -0.25) is 0 Å². The quantitative estimate of drug-likeness (QED) is 0.694. The molecule has 110 valence electrons. The zero-order chi connectivity index (χ0) is 15.6. The van der Waals surface area contributed by atoms with Crippen molar-refractivity contribution in [3.05, 3.63) is 63.9 Å². The molecule has 0 fully saturated rings. The number of hydrogen-bond donors (Lipinski definition) is 1. The summed E-state index contributed by atoms with van der Waals surface area (Å²) in [5.41, 5.74) is 5.08. The van der Waals surface area contributed by atoms with E-state index >= 15 is 0 Å². The Balaban J connectivity index is 2.16. The molecule has 0 aliphatic carbocycles. The minimum atomic E-state index is -1.22. The lowest BCUT2D eigenvalue weighted by Gasteiger charge is -2.09. The number of rotatable bonds is 3. The number of carbonyl (C=O) groups is 1. The van der Waals surface area contributed by atoms with Crippen LogP contribution in [-0.2, 0) is 11.3 Å². The van der Waals surface area contributed by atoms with Gasteiger partial charge in [-0.25, -0.2) is 18.0 Å². The van der Waals surface area contributed by atoms with Gasteiger partial charge in [0.1, 0.15) is 12.4 Å². The van der Waals surface area contributed by atoms with Crippen molar-refractivity contribution in [2.45, 2.75) is 6.61 Å². The molecule has 0 heterocycles. The van der Waals surface area contributed by atoms with E-state index in [1.54, 1.807) is 0 Å². The molecule has 7 heteroatoms.